The third kappa shape index (κ3) is 6.24. The summed E-state index contributed by atoms with van der Waals surface area (Å²) < 4.78 is 32.9. The molecule has 0 aliphatic rings. The highest BCUT2D eigenvalue weighted by atomic mass is 32.2. The first kappa shape index (κ1) is 22.2. The van der Waals surface area contributed by atoms with E-state index in [9.17, 15) is 18.0 Å². The molecule has 1 amide bonds. The van der Waals surface area contributed by atoms with Gasteiger partial charge in [-0.25, -0.2) is 17.9 Å². The fourth-order valence-corrected chi connectivity index (χ4v) is 3.76. The van der Waals surface area contributed by atoms with Crippen LogP contribution in [0.5, 0.6) is 0 Å². The largest absolute Gasteiger partial charge is 0.449 e. The molecule has 3 aromatic rings. The second-order valence-corrected chi connectivity index (χ2v) is 8.51. The fourth-order valence-electron chi connectivity index (χ4n) is 2.70. The number of anilines is 1. The van der Waals surface area contributed by atoms with Gasteiger partial charge in [-0.05, 0) is 42.8 Å². The van der Waals surface area contributed by atoms with Gasteiger partial charge in [0, 0.05) is 12.2 Å². The summed E-state index contributed by atoms with van der Waals surface area (Å²) in [6.07, 6.45) is -1.07. The first-order valence-electron chi connectivity index (χ1n) is 9.56. The Morgan fingerprint density at radius 3 is 2.23 bits per heavy atom. The van der Waals surface area contributed by atoms with Crippen molar-refractivity contribution in [3.05, 3.63) is 96.1 Å². The third-order valence-corrected chi connectivity index (χ3v) is 5.78. The Kier molecular flexibility index (Phi) is 7.17. The number of rotatable bonds is 8. The molecular formula is C23H22N2O5S. The summed E-state index contributed by atoms with van der Waals surface area (Å²) in [4.78, 5) is 24.6. The van der Waals surface area contributed by atoms with E-state index in [2.05, 4.69) is 10.0 Å². The van der Waals surface area contributed by atoms with Gasteiger partial charge in [0.1, 0.15) is 0 Å². The second kappa shape index (κ2) is 10.0. The van der Waals surface area contributed by atoms with Gasteiger partial charge in [-0.2, -0.15) is 0 Å². The Hall–Kier alpha value is -3.49. The number of hydrogen-bond donors (Lipinski definition) is 2. The summed E-state index contributed by atoms with van der Waals surface area (Å²) in [7, 11) is -3.84. The van der Waals surface area contributed by atoms with Crippen molar-refractivity contribution in [2.75, 3.05) is 5.32 Å². The monoisotopic (exact) mass is 438 g/mol. The van der Waals surface area contributed by atoms with Gasteiger partial charge in [-0.15, -0.1) is 0 Å². The number of para-hydroxylation sites is 1. The van der Waals surface area contributed by atoms with E-state index >= 15 is 0 Å². The van der Waals surface area contributed by atoms with Gasteiger partial charge < -0.3 is 10.1 Å². The topological polar surface area (TPSA) is 102 Å². The molecule has 0 fully saturated rings. The zero-order valence-electron chi connectivity index (χ0n) is 16.8. The average molecular weight is 439 g/mol. The van der Waals surface area contributed by atoms with Crippen molar-refractivity contribution in [2.24, 2.45) is 0 Å². The van der Waals surface area contributed by atoms with Crippen LogP contribution in [0.3, 0.4) is 0 Å². The molecule has 0 bridgehead atoms. The Bertz CT molecular complexity index is 1150. The Morgan fingerprint density at radius 2 is 1.55 bits per heavy atom. The van der Waals surface area contributed by atoms with Crippen LogP contribution >= 0.6 is 0 Å². The molecule has 0 saturated heterocycles. The molecule has 0 aromatic heterocycles. The lowest BCUT2D eigenvalue weighted by Gasteiger charge is -2.14. The van der Waals surface area contributed by atoms with E-state index in [-0.39, 0.29) is 17.0 Å². The molecule has 0 unspecified atom stereocenters. The summed E-state index contributed by atoms with van der Waals surface area (Å²) in [6, 6.07) is 23.3. The van der Waals surface area contributed by atoms with Gasteiger partial charge in [0.25, 0.3) is 5.91 Å². The fraction of sp³-hybridized carbons (Fsp3) is 0.130. The van der Waals surface area contributed by atoms with Crippen molar-refractivity contribution in [3.8, 4) is 0 Å². The molecule has 7 nitrogen and oxygen atoms in total. The molecular weight excluding hydrogens is 416 g/mol. The molecule has 0 aliphatic carbocycles. The molecule has 31 heavy (non-hydrogen) atoms. The number of esters is 1. The van der Waals surface area contributed by atoms with Crippen molar-refractivity contribution < 1.29 is 22.7 Å². The minimum absolute atomic E-state index is 0.0296. The Labute approximate surface area is 181 Å². The van der Waals surface area contributed by atoms with E-state index in [4.69, 9.17) is 4.74 Å². The van der Waals surface area contributed by atoms with E-state index in [0.717, 1.165) is 5.56 Å². The van der Waals surface area contributed by atoms with E-state index in [0.29, 0.717) is 5.69 Å². The van der Waals surface area contributed by atoms with Crippen molar-refractivity contribution >= 4 is 27.6 Å². The van der Waals surface area contributed by atoms with Crippen LogP contribution in [0, 0.1) is 0 Å². The summed E-state index contributed by atoms with van der Waals surface area (Å²) in [5, 5.41) is 2.64. The highest BCUT2D eigenvalue weighted by Crippen LogP contribution is 2.15. The quantitative estimate of drug-likeness (QED) is 0.525. The number of ether oxygens (including phenoxy) is 1. The maximum atomic E-state index is 12.6. The van der Waals surface area contributed by atoms with Crippen LogP contribution in [0.2, 0.25) is 0 Å². The summed E-state index contributed by atoms with van der Waals surface area (Å²) in [6.45, 7) is 1.56. The first-order valence-corrected chi connectivity index (χ1v) is 11.0. The normalized spacial score (nSPS) is 12.0. The van der Waals surface area contributed by atoms with Gasteiger partial charge in [0.15, 0.2) is 6.10 Å². The lowest BCUT2D eigenvalue weighted by Crippen LogP contribution is -2.30. The van der Waals surface area contributed by atoms with Crippen molar-refractivity contribution in [1.29, 1.82) is 0 Å². The van der Waals surface area contributed by atoms with Crippen molar-refractivity contribution in [2.45, 2.75) is 24.5 Å². The van der Waals surface area contributed by atoms with Crippen LogP contribution in [0.1, 0.15) is 22.8 Å². The third-order valence-electron chi connectivity index (χ3n) is 4.38. The standard InChI is InChI=1S/C23H22N2O5S/c1-17(22(26)25-20-12-6-3-7-13-20)30-23(27)19-11-8-14-21(15-19)31(28,29)24-16-18-9-4-2-5-10-18/h2-15,17,24H,16H2,1H3,(H,25,26)/t17-/m1/s1. The number of carbonyl (C=O) groups is 2. The van der Waals surface area contributed by atoms with E-state index in [1.165, 1.54) is 31.2 Å². The molecule has 8 heteroatoms. The van der Waals surface area contributed by atoms with Crippen LogP contribution in [-0.4, -0.2) is 26.4 Å². The zero-order chi connectivity index (χ0) is 22.3. The van der Waals surface area contributed by atoms with Gasteiger partial charge in [0.2, 0.25) is 10.0 Å². The summed E-state index contributed by atoms with van der Waals surface area (Å²) in [5.41, 5.74) is 1.41. The molecule has 3 aromatic carbocycles. The zero-order valence-corrected chi connectivity index (χ0v) is 17.6. The van der Waals surface area contributed by atoms with Crippen LogP contribution in [-0.2, 0) is 26.1 Å². The summed E-state index contributed by atoms with van der Waals surface area (Å²) >= 11 is 0. The lowest BCUT2D eigenvalue weighted by atomic mass is 10.2. The Balaban J connectivity index is 1.64. The van der Waals surface area contributed by atoms with Crippen LogP contribution in [0.4, 0.5) is 5.69 Å². The highest BCUT2D eigenvalue weighted by Gasteiger charge is 2.21. The second-order valence-electron chi connectivity index (χ2n) is 6.74. The van der Waals surface area contributed by atoms with Crippen molar-refractivity contribution in [1.82, 2.24) is 4.72 Å². The minimum Gasteiger partial charge on any atom is -0.449 e. The highest BCUT2D eigenvalue weighted by molar-refractivity contribution is 7.89. The van der Waals surface area contributed by atoms with Gasteiger partial charge in [-0.1, -0.05) is 54.6 Å². The predicted molar refractivity (Wildman–Crippen MR) is 117 cm³/mol. The maximum absolute atomic E-state index is 12.6. The molecule has 1 atom stereocenters. The SMILES string of the molecule is C[C@@H](OC(=O)c1cccc(S(=O)(=O)NCc2ccccc2)c1)C(=O)Nc1ccccc1. The molecule has 0 radical (unpaired) electrons. The Morgan fingerprint density at radius 1 is 0.903 bits per heavy atom. The smallest absolute Gasteiger partial charge is 0.338 e. The van der Waals surface area contributed by atoms with E-state index in [1.807, 2.05) is 24.3 Å². The molecule has 0 aliphatic heterocycles. The minimum atomic E-state index is -3.84. The lowest BCUT2D eigenvalue weighted by molar-refractivity contribution is -0.123. The molecule has 3 rings (SSSR count). The van der Waals surface area contributed by atoms with Crippen LogP contribution in [0.25, 0.3) is 0 Å². The number of hydrogen-bond acceptors (Lipinski definition) is 5. The molecule has 0 heterocycles. The first-order chi connectivity index (χ1) is 14.8. The van der Waals surface area contributed by atoms with Crippen LogP contribution in [0.15, 0.2) is 89.8 Å². The number of nitrogens with one attached hydrogen (secondary N) is 2. The average Bonchev–Trinajstić information content (AvgIpc) is 2.79. The summed E-state index contributed by atoms with van der Waals surface area (Å²) in [5.74, 6) is -1.29. The predicted octanol–water partition coefficient (Wildman–Crippen LogP) is 3.35. The maximum Gasteiger partial charge on any atom is 0.338 e. The van der Waals surface area contributed by atoms with E-state index in [1.54, 1.807) is 36.4 Å². The molecule has 2 N–H and O–H groups in total. The van der Waals surface area contributed by atoms with Crippen LogP contribution < -0.4 is 10.0 Å². The molecule has 0 spiro atoms. The molecule has 160 valence electrons. The number of benzene rings is 3. The van der Waals surface area contributed by atoms with Crippen molar-refractivity contribution in [3.63, 3.8) is 0 Å². The van der Waals surface area contributed by atoms with E-state index < -0.39 is 28.0 Å². The van der Waals surface area contributed by atoms with Gasteiger partial charge >= 0.3 is 5.97 Å². The molecule has 0 saturated carbocycles. The number of sulfonamides is 1. The van der Waals surface area contributed by atoms with Gasteiger partial charge in [-0.3, -0.25) is 4.79 Å². The number of amides is 1. The van der Waals surface area contributed by atoms with Gasteiger partial charge in [0.05, 0.1) is 10.5 Å². The number of carbonyl (C=O) groups excluding carboxylic acids is 2.